The highest BCUT2D eigenvalue weighted by atomic mass is 35.5. The van der Waals surface area contributed by atoms with Gasteiger partial charge < -0.3 is 9.09 Å². The number of aromatic nitrogens is 5. The molecule has 0 aliphatic rings. The summed E-state index contributed by atoms with van der Waals surface area (Å²) < 4.78 is 8.86. The van der Waals surface area contributed by atoms with E-state index in [2.05, 4.69) is 22.2 Å². The molecule has 0 saturated carbocycles. The Hall–Kier alpha value is -1.82. The van der Waals surface area contributed by atoms with Gasteiger partial charge in [-0.25, -0.2) is 9.67 Å². The minimum atomic E-state index is 0.357. The van der Waals surface area contributed by atoms with Gasteiger partial charge in [-0.15, -0.1) is 11.6 Å². The lowest BCUT2D eigenvalue weighted by molar-refractivity contribution is 0.409. The van der Waals surface area contributed by atoms with Crippen molar-refractivity contribution in [2.45, 2.75) is 32.8 Å². The maximum atomic E-state index is 5.99. The summed E-state index contributed by atoms with van der Waals surface area (Å²) >= 11 is 5.99. The molecule has 3 heterocycles. The van der Waals surface area contributed by atoms with E-state index in [9.17, 15) is 0 Å². The molecule has 6 nitrogen and oxygen atoms in total. The number of rotatable bonds is 4. The second-order valence-electron chi connectivity index (χ2n) is 4.31. The number of aryl methyl sites for hydroxylation is 2. The van der Waals surface area contributed by atoms with Crippen molar-refractivity contribution >= 4 is 22.8 Å². The quantitative estimate of drug-likeness (QED) is 0.688. The summed E-state index contributed by atoms with van der Waals surface area (Å²) in [5, 5.41) is 8.42. The van der Waals surface area contributed by atoms with Gasteiger partial charge in [0.25, 0.3) is 0 Å². The first-order chi connectivity index (χ1) is 9.24. The molecular weight excluding hydrogens is 266 g/mol. The molecule has 0 amide bonds. The molecule has 3 aromatic heterocycles. The van der Waals surface area contributed by atoms with E-state index in [1.54, 1.807) is 6.26 Å². The first-order valence-corrected chi connectivity index (χ1v) is 6.65. The van der Waals surface area contributed by atoms with Gasteiger partial charge in [0, 0.05) is 12.6 Å². The minimum Gasteiger partial charge on any atom is -0.364 e. The van der Waals surface area contributed by atoms with E-state index in [-0.39, 0.29) is 0 Å². The van der Waals surface area contributed by atoms with Crippen LogP contribution in [0.15, 0.2) is 16.9 Å². The van der Waals surface area contributed by atoms with Crippen LogP contribution in [0.25, 0.3) is 11.2 Å². The lowest BCUT2D eigenvalue weighted by Gasteiger charge is -2.06. The number of nitrogens with zero attached hydrogens (tertiary/aromatic N) is 5. The third-order valence-electron chi connectivity index (χ3n) is 3.11. The first kappa shape index (κ1) is 12.2. The van der Waals surface area contributed by atoms with Gasteiger partial charge in [-0.2, -0.15) is 5.10 Å². The van der Waals surface area contributed by atoms with Gasteiger partial charge in [0.15, 0.2) is 5.65 Å². The Morgan fingerprint density at radius 3 is 2.89 bits per heavy atom. The Kier molecular flexibility index (Phi) is 3.02. The number of alkyl halides is 1. The van der Waals surface area contributed by atoms with E-state index in [0.29, 0.717) is 12.4 Å². The second kappa shape index (κ2) is 4.70. The number of imidazole rings is 1. The predicted octanol–water partition coefficient (Wildman–Crippen LogP) is 2.34. The highest BCUT2D eigenvalue weighted by Crippen LogP contribution is 2.21. The van der Waals surface area contributed by atoms with Gasteiger partial charge in [-0.05, 0) is 13.8 Å². The summed E-state index contributed by atoms with van der Waals surface area (Å²) in [4.78, 5) is 4.57. The molecule has 19 heavy (non-hydrogen) atoms. The van der Waals surface area contributed by atoms with Crippen molar-refractivity contribution in [1.29, 1.82) is 0 Å². The normalized spacial score (nSPS) is 11.5. The number of hydrogen-bond donors (Lipinski definition) is 0. The van der Waals surface area contributed by atoms with Crippen LogP contribution in [0.1, 0.15) is 24.1 Å². The lowest BCUT2D eigenvalue weighted by Crippen LogP contribution is -2.09. The van der Waals surface area contributed by atoms with E-state index < -0.39 is 0 Å². The molecule has 3 rings (SSSR count). The zero-order valence-electron chi connectivity index (χ0n) is 10.8. The van der Waals surface area contributed by atoms with Crippen molar-refractivity contribution in [3.63, 3.8) is 0 Å². The van der Waals surface area contributed by atoms with Crippen LogP contribution in [0.2, 0.25) is 0 Å². The van der Waals surface area contributed by atoms with E-state index in [1.807, 2.05) is 22.2 Å². The van der Waals surface area contributed by atoms with Gasteiger partial charge in [0.2, 0.25) is 0 Å². The number of hydrogen-bond acceptors (Lipinski definition) is 4. The van der Waals surface area contributed by atoms with E-state index in [1.165, 1.54) is 0 Å². The molecule has 0 saturated heterocycles. The molecular formula is C12H14ClN5O. The topological polar surface area (TPSA) is 61.7 Å². The van der Waals surface area contributed by atoms with Crippen LogP contribution in [0.4, 0.5) is 0 Å². The summed E-state index contributed by atoms with van der Waals surface area (Å²) in [6.07, 6.45) is 1.56. The third kappa shape index (κ3) is 1.92. The van der Waals surface area contributed by atoms with Gasteiger partial charge in [-0.3, -0.25) is 0 Å². The molecule has 100 valence electrons. The summed E-state index contributed by atoms with van der Waals surface area (Å²) in [6, 6.07) is 1.84. The molecule has 0 fully saturated rings. The molecule has 0 radical (unpaired) electrons. The van der Waals surface area contributed by atoms with Crippen molar-refractivity contribution in [3.8, 4) is 0 Å². The number of fused-ring (bicyclic) bond motifs is 1. The third-order valence-corrected chi connectivity index (χ3v) is 3.35. The number of halogens is 1. The Morgan fingerprint density at radius 2 is 2.26 bits per heavy atom. The Balaban J connectivity index is 2.19. The van der Waals surface area contributed by atoms with Gasteiger partial charge in [-0.1, -0.05) is 5.16 Å². The van der Waals surface area contributed by atoms with Crippen molar-refractivity contribution < 1.29 is 4.52 Å². The largest absolute Gasteiger partial charge is 0.364 e. The molecule has 3 aromatic rings. The zero-order valence-corrected chi connectivity index (χ0v) is 11.6. The summed E-state index contributed by atoms with van der Waals surface area (Å²) in [7, 11) is 0. The van der Waals surface area contributed by atoms with Crippen molar-refractivity contribution in [2.24, 2.45) is 0 Å². The molecule has 0 N–H and O–H groups in total. The van der Waals surface area contributed by atoms with Crippen LogP contribution < -0.4 is 0 Å². The second-order valence-corrected chi connectivity index (χ2v) is 4.58. The summed E-state index contributed by atoms with van der Waals surface area (Å²) in [5.74, 6) is 1.18. The van der Waals surface area contributed by atoms with Crippen LogP contribution in [0.5, 0.6) is 0 Å². The standard InChI is InChI=1S/C12H14ClN5O/c1-3-18-12-11(8(2)15-18)14-10(6-13)17(12)7-9-4-5-19-16-9/h4-5H,3,6-7H2,1-2H3. The SMILES string of the molecule is CCn1nc(C)c2nc(CCl)n(Cc3ccon3)c21. The molecule has 0 spiro atoms. The Bertz CT molecular complexity index is 697. The lowest BCUT2D eigenvalue weighted by atomic mass is 10.4. The highest BCUT2D eigenvalue weighted by molar-refractivity contribution is 6.16. The molecule has 0 aliphatic carbocycles. The fourth-order valence-corrected chi connectivity index (χ4v) is 2.44. The summed E-state index contributed by atoms with van der Waals surface area (Å²) in [6.45, 7) is 5.39. The van der Waals surface area contributed by atoms with Gasteiger partial charge >= 0.3 is 0 Å². The van der Waals surface area contributed by atoms with Crippen LogP contribution >= 0.6 is 11.6 Å². The van der Waals surface area contributed by atoms with Crippen molar-refractivity contribution in [1.82, 2.24) is 24.5 Å². The predicted molar refractivity (Wildman–Crippen MR) is 71.1 cm³/mol. The maximum absolute atomic E-state index is 5.99. The Labute approximate surface area is 115 Å². The van der Waals surface area contributed by atoms with Crippen LogP contribution in [-0.2, 0) is 19.0 Å². The first-order valence-electron chi connectivity index (χ1n) is 6.12. The Morgan fingerprint density at radius 1 is 1.42 bits per heavy atom. The molecule has 0 unspecified atom stereocenters. The van der Waals surface area contributed by atoms with Crippen LogP contribution in [0.3, 0.4) is 0 Å². The highest BCUT2D eigenvalue weighted by Gasteiger charge is 2.18. The fraction of sp³-hybridized carbons (Fsp3) is 0.417. The smallest absolute Gasteiger partial charge is 0.159 e. The van der Waals surface area contributed by atoms with E-state index in [0.717, 1.165) is 34.9 Å². The molecule has 7 heteroatoms. The average Bonchev–Trinajstić information content (AvgIpc) is 3.09. The van der Waals surface area contributed by atoms with Crippen molar-refractivity contribution in [3.05, 3.63) is 29.5 Å². The molecule has 0 aromatic carbocycles. The minimum absolute atomic E-state index is 0.357. The summed E-state index contributed by atoms with van der Waals surface area (Å²) in [5.41, 5.74) is 3.65. The molecule has 0 aliphatic heterocycles. The van der Waals surface area contributed by atoms with Crippen molar-refractivity contribution in [2.75, 3.05) is 0 Å². The molecule has 0 bridgehead atoms. The monoisotopic (exact) mass is 279 g/mol. The maximum Gasteiger partial charge on any atom is 0.159 e. The van der Waals surface area contributed by atoms with E-state index >= 15 is 0 Å². The molecule has 0 atom stereocenters. The van der Waals surface area contributed by atoms with E-state index in [4.69, 9.17) is 16.1 Å². The fourth-order valence-electron chi connectivity index (χ4n) is 2.24. The van der Waals surface area contributed by atoms with Crippen LogP contribution in [0, 0.1) is 6.92 Å². The van der Waals surface area contributed by atoms with Gasteiger partial charge in [0.1, 0.15) is 23.3 Å². The van der Waals surface area contributed by atoms with Gasteiger partial charge in [0.05, 0.1) is 18.1 Å². The average molecular weight is 280 g/mol. The van der Waals surface area contributed by atoms with Crippen LogP contribution in [-0.4, -0.2) is 24.5 Å². The zero-order chi connectivity index (χ0) is 13.4.